The standard InChI is InChI=1S/C23H31N7O/c1-18(21-7-3-2-4-8-21)30-16-19(13-25-30)9-10-23(31)28-11-5-6-20(14-28)15-29-17-22(12-24)26-27-29/h2-4,7-10,13,16-18,20,26-27H,5-6,11-12,14-15,24H2,1H3/b10-9+/t18?,20-/m1/s1. The lowest BCUT2D eigenvalue weighted by molar-refractivity contribution is -0.127. The van der Waals surface area contributed by atoms with E-state index in [0.717, 1.165) is 43.7 Å². The van der Waals surface area contributed by atoms with Crippen molar-refractivity contribution in [2.45, 2.75) is 25.8 Å². The molecule has 1 aromatic heterocycles. The van der Waals surface area contributed by atoms with Gasteiger partial charge in [0, 0.05) is 50.2 Å². The second-order valence-corrected chi connectivity index (χ2v) is 8.21. The normalized spacial score (nSPS) is 20.1. The second-order valence-electron chi connectivity index (χ2n) is 8.21. The molecule has 31 heavy (non-hydrogen) atoms. The number of likely N-dealkylation sites (tertiary alicyclic amines) is 1. The molecule has 4 N–H and O–H groups in total. The van der Waals surface area contributed by atoms with E-state index in [4.69, 9.17) is 5.73 Å². The monoisotopic (exact) mass is 421 g/mol. The fraction of sp³-hybridized carbons (Fsp3) is 0.391. The van der Waals surface area contributed by atoms with Crippen LogP contribution in [0.3, 0.4) is 0 Å². The van der Waals surface area contributed by atoms with Crippen molar-refractivity contribution in [1.29, 1.82) is 0 Å². The topological polar surface area (TPSA) is 91.5 Å². The first-order valence-electron chi connectivity index (χ1n) is 10.9. The van der Waals surface area contributed by atoms with E-state index in [1.54, 1.807) is 12.3 Å². The van der Waals surface area contributed by atoms with Crippen LogP contribution in [0.1, 0.15) is 36.9 Å². The lowest BCUT2D eigenvalue weighted by atomic mass is 9.97. The van der Waals surface area contributed by atoms with Gasteiger partial charge in [-0.2, -0.15) is 5.10 Å². The number of carbonyl (C=O) groups excluding carboxylic acids is 1. The Bertz CT molecular complexity index is 936. The van der Waals surface area contributed by atoms with Gasteiger partial charge >= 0.3 is 0 Å². The lowest BCUT2D eigenvalue weighted by Gasteiger charge is -2.34. The zero-order valence-corrected chi connectivity index (χ0v) is 17.9. The number of benzene rings is 1. The van der Waals surface area contributed by atoms with E-state index in [1.807, 2.05) is 51.3 Å². The Kier molecular flexibility index (Phi) is 6.69. The van der Waals surface area contributed by atoms with Crippen LogP contribution in [-0.4, -0.2) is 51.8 Å². The Labute approximate surface area is 183 Å². The molecule has 1 aromatic carbocycles. The minimum absolute atomic E-state index is 0.0549. The Morgan fingerprint density at radius 3 is 2.97 bits per heavy atom. The number of nitrogens with two attached hydrogens (primary N) is 1. The third-order valence-corrected chi connectivity index (χ3v) is 5.90. The molecular weight excluding hydrogens is 390 g/mol. The van der Waals surface area contributed by atoms with Crippen LogP contribution in [0.25, 0.3) is 6.08 Å². The summed E-state index contributed by atoms with van der Waals surface area (Å²) in [7, 11) is 0. The van der Waals surface area contributed by atoms with Crippen molar-refractivity contribution in [3.63, 3.8) is 0 Å². The summed E-state index contributed by atoms with van der Waals surface area (Å²) in [5.74, 6) is 0.475. The summed E-state index contributed by atoms with van der Waals surface area (Å²) in [6, 6.07) is 10.4. The molecule has 8 heteroatoms. The number of hydrogen-bond acceptors (Lipinski definition) is 6. The quantitative estimate of drug-likeness (QED) is 0.591. The van der Waals surface area contributed by atoms with Crippen LogP contribution in [0.5, 0.6) is 0 Å². The molecule has 0 aliphatic carbocycles. The number of aromatic nitrogens is 2. The van der Waals surface area contributed by atoms with Gasteiger partial charge in [-0.1, -0.05) is 30.3 Å². The highest BCUT2D eigenvalue weighted by Crippen LogP contribution is 2.20. The average molecular weight is 422 g/mol. The number of carbonyl (C=O) groups is 1. The van der Waals surface area contributed by atoms with Gasteiger partial charge in [-0.25, -0.2) is 0 Å². The number of nitrogens with zero attached hydrogens (tertiary/aromatic N) is 4. The Morgan fingerprint density at radius 1 is 1.35 bits per heavy atom. The van der Waals surface area contributed by atoms with Crippen molar-refractivity contribution in [2.75, 3.05) is 26.2 Å². The van der Waals surface area contributed by atoms with Crippen molar-refractivity contribution in [1.82, 2.24) is 30.6 Å². The molecule has 3 heterocycles. The molecule has 2 aromatic rings. The first kappa shape index (κ1) is 21.1. The smallest absolute Gasteiger partial charge is 0.246 e. The highest BCUT2D eigenvalue weighted by molar-refractivity contribution is 5.91. The predicted octanol–water partition coefficient (Wildman–Crippen LogP) is 1.87. The molecule has 4 rings (SSSR count). The first-order chi connectivity index (χ1) is 15.1. The molecule has 0 radical (unpaired) electrons. The van der Waals surface area contributed by atoms with E-state index in [-0.39, 0.29) is 11.9 Å². The second kappa shape index (κ2) is 9.80. The lowest BCUT2D eigenvalue weighted by Crippen LogP contribution is -2.45. The van der Waals surface area contributed by atoms with E-state index < -0.39 is 0 Å². The molecule has 1 saturated heterocycles. The van der Waals surface area contributed by atoms with Gasteiger partial charge in [-0.3, -0.25) is 14.5 Å². The van der Waals surface area contributed by atoms with Gasteiger partial charge in [-0.15, -0.1) is 5.53 Å². The number of piperidine rings is 1. The molecule has 164 valence electrons. The van der Waals surface area contributed by atoms with Gasteiger partial charge in [-0.05, 0) is 37.3 Å². The summed E-state index contributed by atoms with van der Waals surface area (Å²) in [6.45, 7) is 5.00. The highest BCUT2D eigenvalue weighted by Gasteiger charge is 2.24. The van der Waals surface area contributed by atoms with Crippen LogP contribution in [0.2, 0.25) is 0 Å². The molecule has 0 bridgehead atoms. The fourth-order valence-electron chi connectivity index (χ4n) is 4.10. The fourth-order valence-corrected chi connectivity index (χ4v) is 4.10. The molecule has 2 aliphatic rings. The van der Waals surface area contributed by atoms with Crippen molar-refractivity contribution in [3.05, 3.63) is 71.8 Å². The third kappa shape index (κ3) is 5.34. The molecule has 1 amide bonds. The molecule has 2 atom stereocenters. The molecular formula is C23H31N7O. The SMILES string of the molecule is CC(c1ccccc1)n1cc(/C=C/C(=O)N2CCC[C@@H](CN3C=C(CN)NN3)C2)cn1. The van der Waals surface area contributed by atoms with Crippen LogP contribution >= 0.6 is 0 Å². The van der Waals surface area contributed by atoms with Crippen LogP contribution in [-0.2, 0) is 4.79 Å². The molecule has 0 spiro atoms. The van der Waals surface area contributed by atoms with Crippen molar-refractivity contribution in [2.24, 2.45) is 11.7 Å². The largest absolute Gasteiger partial charge is 0.339 e. The summed E-state index contributed by atoms with van der Waals surface area (Å²) in [6.07, 6.45) is 11.4. The van der Waals surface area contributed by atoms with Crippen LogP contribution in [0, 0.1) is 5.92 Å². The predicted molar refractivity (Wildman–Crippen MR) is 121 cm³/mol. The van der Waals surface area contributed by atoms with Gasteiger partial charge < -0.3 is 16.1 Å². The van der Waals surface area contributed by atoms with Gasteiger partial charge in [0.25, 0.3) is 0 Å². The summed E-state index contributed by atoms with van der Waals surface area (Å²) >= 11 is 0. The molecule has 1 unspecified atom stereocenters. The van der Waals surface area contributed by atoms with Gasteiger partial charge in [0.15, 0.2) is 0 Å². The maximum absolute atomic E-state index is 12.8. The number of rotatable bonds is 7. The highest BCUT2D eigenvalue weighted by atomic mass is 16.2. The van der Waals surface area contributed by atoms with E-state index in [2.05, 4.69) is 35.1 Å². The summed E-state index contributed by atoms with van der Waals surface area (Å²) < 4.78 is 1.93. The van der Waals surface area contributed by atoms with E-state index in [9.17, 15) is 4.79 Å². The van der Waals surface area contributed by atoms with Crippen LogP contribution < -0.4 is 16.7 Å². The number of amides is 1. The number of nitrogens with one attached hydrogen (secondary N) is 2. The number of hydrazine groups is 2. The summed E-state index contributed by atoms with van der Waals surface area (Å²) in [4.78, 5) is 14.7. The Morgan fingerprint density at radius 2 is 2.19 bits per heavy atom. The maximum Gasteiger partial charge on any atom is 0.246 e. The number of hydrogen-bond donors (Lipinski definition) is 3. The first-order valence-corrected chi connectivity index (χ1v) is 10.9. The van der Waals surface area contributed by atoms with Crippen LogP contribution in [0.4, 0.5) is 0 Å². The summed E-state index contributed by atoms with van der Waals surface area (Å²) in [5.41, 5.74) is 14.9. The van der Waals surface area contributed by atoms with Gasteiger partial charge in [0.05, 0.1) is 17.9 Å². The van der Waals surface area contributed by atoms with E-state index >= 15 is 0 Å². The molecule has 1 fully saturated rings. The van der Waals surface area contributed by atoms with E-state index in [0.29, 0.717) is 12.5 Å². The molecule has 2 aliphatic heterocycles. The van der Waals surface area contributed by atoms with Gasteiger partial charge in [0.1, 0.15) is 0 Å². The zero-order chi connectivity index (χ0) is 21.6. The van der Waals surface area contributed by atoms with Crippen molar-refractivity contribution in [3.8, 4) is 0 Å². The van der Waals surface area contributed by atoms with Gasteiger partial charge in [0.2, 0.25) is 5.91 Å². The van der Waals surface area contributed by atoms with E-state index in [1.165, 1.54) is 5.56 Å². The third-order valence-electron chi connectivity index (χ3n) is 5.90. The van der Waals surface area contributed by atoms with Crippen LogP contribution in [0.15, 0.2) is 60.7 Å². The Balaban J connectivity index is 1.32. The zero-order valence-electron chi connectivity index (χ0n) is 17.9. The summed E-state index contributed by atoms with van der Waals surface area (Å²) in [5, 5.41) is 6.49. The maximum atomic E-state index is 12.8. The minimum atomic E-state index is 0.0549. The Hall–Kier alpha value is -3.10. The van der Waals surface area contributed by atoms with Crippen molar-refractivity contribution >= 4 is 12.0 Å². The molecule has 8 nitrogen and oxygen atoms in total. The van der Waals surface area contributed by atoms with Crippen molar-refractivity contribution < 1.29 is 4.79 Å². The molecule has 0 saturated carbocycles. The average Bonchev–Trinajstić information content (AvgIpc) is 3.47. The minimum Gasteiger partial charge on any atom is -0.339 e.